The van der Waals surface area contributed by atoms with Crippen LogP contribution >= 0.6 is 0 Å². The Morgan fingerprint density at radius 1 is 0.232 bits per heavy atom. The summed E-state index contributed by atoms with van der Waals surface area (Å²) in [6, 6.07) is 74.7. The zero-order chi connectivity index (χ0) is 36.7. The molecule has 0 atom stereocenters. The molecule has 12 rings (SSSR count). The zero-order valence-electron chi connectivity index (χ0n) is 30.4. The molecule has 8 aromatic carbocycles. The van der Waals surface area contributed by atoms with Gasteiger partial charge in [0, 0.05) is 55.1 Å². The number of nitrogens with zero attached hydrogens (tertiary/aromatic N) is 4. The van der Waals surface area contributed by atoms with Crippen molar-refractivity contribution < 1.29 is 0 Å². The van der Waals surface area contributed by atoms with Crippen molar-refractivity contribution in [3.8, 4) is 33.9 Å². The highest BCUT2D eigenvalue weighted by atomic mass is 15.1. The Morgan fingerprint density at radius 3 is 0.875 bits per heavy atom. The van der Waals surface area contributed by atoms with E-state index < -0.39 is 0 Å². The van der Waals surface area contributed by atoms with Crippen molar-refractivity contribution in [3.05, 3.63) is 206 Å². The lowest BCUT2D eigenvalue weighted by atomic mass is 10.0. The van der Waals surface area contributed by atoms with Crippen molar-refractivity contribution in [2.75, 3.05) is 0 Å². The number of hydrogen-bond acceptors (Lipinski definition) is 0. The maximum Gasteiger partial charge on any atom is 0.131 e. The fourth-order valence-electron chi connectivity index (χ4n) is 9.20. The maximum absolute atomic E-state index is 2.45. The first-order valence-corrected chi connectivity index (χ1v) is 19.2. The molecule has 0 N–H and O–H groups in total. The average molecular weight is 715 g/mol. The molecule has 4 heteroatoms. The van der Waals surface area contributed by atoms with Gasteiger partial charge in [0.25, 0.3) is 0 Å². The number of benzene rings is 8. The van der Waals surface area contributed by atoms with Crippen molar-refractivity contribution in [2.24, 2.45) is 0 Å². The summed E-state index contributed by atoms with van der Waals surface area (Å²) in [6.45, 7) is 0. The fourth-order valence-corrected chi connectivity index (χ4v) is 9.20. The monoisotopic (exact) mass is 714 g/mol. The number of aromatic nitrogens is 4. The molecule has 0 fully saturated rings. The van der Waals surface area contributed by atoms with E-state index in [1.165, 1.54) is 76.8 Å². The molecule has 0 saturated carbocycles. The topological polar surface area (TPSA) is 19.7 Å². The van der Waals surface area contributed by atoms with E-state index in [0.29, 0.717) is 0 Å². The molecule has 0 aliphatic rings. The van der Waals surface area contributed by atoms with E-state index in [-0.39, 0.29) is 0 Å². The Kier molecular flexibility index (Phi) is 6.60. The molecule has 56 heavy (non-hydrogen) atoms. The van der Waals surface area contributed by atoms with Crippen LogP contribution in [0.2, 0.25) is 0 Å². The molecule has 0 spiro atoms. The third-order valence-electron chi connectivity index (χ3n) is 11.5. The Balaban J connectivity index is 1.17. The Morgan fingerprint density at radius 2 is 0.518 bits per heavy atom. The summed E-state index contributed by atoms with van der Waals surface area (Å²) in [5.41, 5.74) is 14.0. The minimum absolute atomic E-state index is 1.13. The van der Waals surface area contributed by atoms with Gasteiger partial charge in [0.2, 0.25) is 0 Å². The molecule has 4 aromatic heterocycles. The first-order chi connectivity index (χ1) is 27.8. The molecule has 0 unspecified atom stereocenters. The number of fused-ring (bicyclic) bond motifs is 10. The summed E-state index contributed by atoms with van der Waals surface area (Å²) >= 11 is 0. The van der Waals surface area contributed by atoms with Gasteiger partial charge in [0.1, 0.15) is 11.3 Å². The second-order valence-corrected chi connectivity index (χ2v) is 14.6. The predicted octanol–water partition coefficient (Wildman–Crippen LogP) is 13.4. The second-order valence-electron chi connectivity index (χ2n) is 14.6. The predicted molar refractivity (Wildman–Crippen MR) is 234 cm³/mol. The lowest BCUT2D eigenvalue weighted by Gasteiger charge is -2.14. The molecular formula is C52H34N4. The van der Waals surface area contributed by atoms with Crippen molar-refractivity contribution in [1.82, 2.24) is 18.3 Å². The van der Waals surface area contributed by atoms with Crippen LogP contribution in [-0.2, 0) is 0 Å². The molecule has 0 saturated heterocycles. The van der Waals surface area contributed by atoms with Crippen molar-refractivity contribution in [2.45, 2.75) is 0 Å². The van der Waals surface area contributed by atoms with Crippen LogP contribution in [0.25, 0.3) is 99.6 Å². The summed E-state index contributed by atoms with van der Waals surface area (Å²) in [4.78, 5) is 0. The third-order valence-corrected chi connectivity index (χ3v) is 11.5. The second kappa shape index (κ2) is 12.0. The summed E-state index contributed by atoms with van der Waals surface area (Å²) in [6.07, 6.45) is 0. The summed E-state index contributed by atoms with van der Waals surface area (Å²) in [7, 11) is 0. The highest BCUT2D eigenvalue weighted by molar-refractivity contribution is 6.24. The van der Waals surface area contributed by atoms with E-state index in [4.69, 9.17) is 0 Å². The quantitative estimate of drug-likeness (QED) is 0.169. The van der Waals surface area contributed by atoms with Gasteiger partial charge in [-0.1, -0.05) is 133 Å². The molecule has 0 aliphatic carbocycles. The largest absolute Gasteiger partial charge is 0.295 e. The zero-order valence-corrected chi connectivity index (χ0v) is 30.4. The standard InChI is InChI=1S/C52H34N4/c1-5-17-37(18-6-1)53-45-27-15-13-25-41(45)49-43-31-29-35(33-47(43)55(51(49)53)39-21-9-3-10-22-39)36-30-32-44-48(34-36)56(40-23-11-4-12-24-40)52-50(44)42-26-14-16-28-46(42)54(52)38-19-7-2-8-20-38/h1-34H. The smallest absolute Gasteiger partial charge is 0.131 e. The van der Waals surface area contributed by atoms with Crippen molar-refractivity contribution in [1.29, 1.82) is 0 Å². The third kappa shape index (κ3) is 4.35. The van der Waals surface area contributed by atoms with Crippen LogP contribution in [0, 0.1) is 0 Å². The van der Waals surface area contributed by atoms with E-state index in [0.717, 1.165) is 22.7 Å². The molecule has 0 amide bonds. The molecule has 4 heterocycles. The van der Waals surface area contributed by atoms with E-state index >= 15 is 0 Å². The van der Waals surface area contributed by atoms with Gasteiger partial charge in [-0.25, -0.2) is 0 Å². The lowest BCUT2D eigenvalue weighted by Crippen LogP contribution is -2.01. The van der Waals surface area contributed by atoms with Crippen LogP contribution < -0.4 is 0 Å². The Bertz CT molecular complexity index is 3200. The van der Waals surface area contributed by atoms with Crippen LogP contribution in [0.4, 0.5) is 0 Å². The van der Waals surface area contributed by atoms with Crippen molar-refractivity contribution >= 4 is 65.7 Å². The summed E-state index contributed by atoms with van der Waals surface area (Å²) in [5, 5.41) is 7.50. The Labute approximate surface area is 322 Å². The van der Waals surface area contributed by atoms with Crippen LogP contribution in [0.5, 0.6) is 0 Å². The van der Waals surface area contributed by atoms with E-state index in [2.05, 4.69) is 225 Å². The fraction of sp³-hybridized carbons (Fsp3) is 0. The normalized spacial score (nSPS) is 11.9. The van der Waals surface area contributed by atoms with Gasteiger partial charge in [-0.15, -0.1) is 0 Å². The van der Waals surface area contributed by atoms with Gasteiger partial charge in [0.05, 0.1) is 22.1 Å². The van der Waals surface area contributed by atoms with Crippen molar-refractivity contribution in [3.63, 3.8) is 0 Å². The van der Waals surface area contributed by atoms with Crippen LogP contribution in [0.3, 0.4) is 0 Å². The molecule has 0 radical (unpaired) electrons. The van der Waals surface area contributed by atoms with Gasteiger partial charge < -0.3 is 0 Å². The first kappa shape index (κ1) is 30.9. The van der Waals surface area contributed by atoms with E-state index in [1.807, 2.05) is 0 Å². The average Bonchev–Trinajstić information content (AvgIpc) is 3.99. The Hall–Kier alpha value is -7.56. The summed E-state index contributed by atoms with van der Waals surface area (Å²) < 4.78 is 9.76. The maximum atomic E-state index is 2.45. The molecule has 4 nitrogen and oxygen atoms in total. The molecule has 0 bridgehead atoms. The molecular weight excluding hydrogens is 681 g/mol. The highest BCUT2D eigenvalue weighted by Crippen LogP contribution is 2.44. The minimum atomic E-state index is 1.13. The minimum Gasteiger partial charge on any atom is -0.295 e. The van der Waals surface area contributed by atoms with Gasteiger partial charge in [0.15, 0.2) is 0 Å². The first-order valence-electron chi connectivity index (χ1n) is 19.2. The number of hydrogen-bond donors (Lipinski definition) is 0. The molecule has 262 valence electrons. The highest BCUT2D eigenvalue weighted by Gasteiger charge is 2.24. The molecule has 12 aromatic rings. The van der Waals surface area contributed by atoms with Gasteiger partial charge in [-0.2, -0.15) is 0 Å². The number of para-hydroxylation sites is 6. The van der Waals surface area contributed by atoms with E-state index in [9.17, 15) is 0 Å². The SMILES string of the molecule is c1ccc(-n2c3ccccc3c3c4ccc(-c5ccc6c7c8ccccc8n(-c8ccccc8)c7n(-c7ccccc7)c6c5)cc4n(-c4ccccc4)c32)cc1. The summed E-state index contributed by atoms with van der Waals surface area (Å²) in [5.74, 6) is 0. The van der Waals surface area contributed by atoms with Crippen LogP contribution in [-0.4, -0.2) is 18.3 Å². The molecule has 0 aliphatic heterocycles. The van der Waals surface area contributed by atoms with Crippen LogP contribution in [0.15, 0.2) is 206 Å². The van der Waals surface area contributed by atoms with Gasteiger partial charge in [-0.3, -0.25) is 18.3 Å². The van der Waals surface area contributed by atoms with Crippen LogP contribution in [0.1, 0.15) is 0 Å². The lowest BCUT2D eigenvalue weighted by molar-refractivity contribution is 1.07. The van der Waals surface area contributed by atoms with Gasteiger partial charge in [-0.05, 0) is 83.9 Å². The van der Waals surface area contributed by atoms with Gasteiger partial charge >= 0.3 is 0 Å². The van der Waals surface area contributed by atoms with E-state index in [1.54, 1.807) is 0 Å². The number of rotatable bonds is 5.